The van der Waals surface area contributed by atoms with Crippen LogP contribution in [0, 0.1) is 0 Å². The molecule has 1 atom stereocenters. The Kier molecular flexibility index (Phi) is 5.74. The molecule has 4 heteroatoms. The minimum absolute atomic E-state index is 0.00377. The molecule has 0 fully saturated rings. The van der Waals surface area contributed by atoms with Crippen molar-refractivity contribution in [1.29, 1.82) is 0 Å². The predicted octanol–water partition coefficient (Wildman–Crippen LogP) is -0.184. The summed E-state index contributed by atoms with van der Waals surface area (Å²) >= 11 is 0. The average Bonchev–Trinajstić information content (AvgIpc) is 2.04. The van der Waals surface area contributed by atoms with E-state index in [1.165, 1.54) is 0 Å². The fourth-order valence-electron chi connectivity index (χ4n) is 1.20. The fraction of sp³-hybridized carbons (Fsp3) is 1.00. The van der Waals surface area contributed by atoms with Gasteiger partial charge in [-0.2, -0.15) is 0 Å². The number of nitrogens with two attached hydrogens (primary N) is 1. The molecule has 0 aromatic carbocycles. The summed E-state index contributed by atoms with van der Waals surface area (Å²) in [6.45, 7) is 7.31. The Bertz CT molecular complexity index is 116. The highest BCUT2D eigenvalue weighted by Gasteiger charge is 2.31. The van der Waals surface area contributed by atoms with Crippen molar-refractivity contribution in [2.45, 2.75) is 38.6 Å². The zero-order chi connectivity index (χ0) is 9.61. The smallest absolute Gasteiger partial charge is 0.155 e. The van der Waals surface area contributed by atoms with Gasteiger partial charge in [0.05, 0.1) is 16.3 Å². The van der Waals surface area contributed by atoms with E-state index in [4.69, 9.17) is 15.2 Å². The van der Waals surface area contributed by atoms with Crippen LogP contribution in [0.5, 0.6) is 0 Å². The van der Waals surface area contributed by atoms with Crippen molar-refractivity contribution in [3.05, 3.63) is 0 Å². The molecule has 0 aromatic rings. The summed E-state index contributed by atoms with van der Waals surface area (Å²) in [5.41, 5.74) is 5.43. The second-order valence-corrected chi connectivity index (χ2v) is 4.29. The quantitative estimate of drug-likeness (QED) is 0.468. The van der Waals surface area contributed by atoms with Crippen LogP contribution in [0.4, 0.5) is 0 Å². The maximum Gasteiger partial charge on any atom is 0.155 e. The van der Waals surface area contributed by atoms with Crippen LogP contribution in [0.1, 0.15) is 27.2 Å². The van der Waals surface area contributed by atoms with Gasteiger partial charge in [-0.1, -0.05) is 6.92 Å². The van der Waals surface area contributed by atoms with Crippen molar-refractivity contribution in [2.75, 3.05) is 13.2 Å². The van der Waals surface area contributed by atoms with Gasteiger partial charge in [0.15, 0.2) is 5.41 Å². The van der Waals surface area contributed by atoms with Gasteiger partial charge in [-0.3, -0.25) is 0 Å². The third-order valence-corrected chi connectivity index (χ3v) is 3.29. The van der Waals surface area contributed by atoms with E-state index in [1.54, 1.807) is 0 Å². The molecule has 12 heavy (non-hydrogen) atoms. The second kappa shape index (κ2) is 5.69. The van der Waals surface area contributed by atoms with Gasteiger partial charge in [0.1, 0.15) is 0 Å². The summed E-state index contributed by atoms with van der Waals surface area (Å²) in [6.07, 6.45) is 0.892. The maximum absolute atomic E-state index is 5.91. The van der Waals surface area contributed by atoms with Crippen molar-refractivity contribution in [3.63, 3.8) is 0 Å². The van der Waals surface area contributed by atoms with Crippen LogP contribution in [-0.4, -0.2) is 34.9 Å². The highest BCUT2D eigenvalue weighted by molar-refractivity contribution is 6.14. The Morgan fingerprint density at radius 1 is 1.25 bits per heavy atom. The van der Waals surface area contributed by atoms with Crippen molar-refractivity contribution in [1.82, 2.24) is 0 Å². The summed E-state index contributed by atoms with van der Waals surface area (Å²) in [5, 5.41) is 0. The van der Waals surface area contributed by atoms with Crippen LogP contribution in [0.25, 0.3) is 0 Å². The van der Waals surface area contributed by atoms with Crippen molar-refractivity contribution in [3.8, 4) is 0 Å². The van der Waals surface area contributed by atoms with Gasteiger partial charge in [0.25, 0.3) is 0 Å². The molecule has 0 aromatic heterocycles. The largest absolute Gasteiger partial charge is 0.353 e. The standard InChI is InChI=1S/C8H21NO2Si/c1-4-7(9)8(12,10-5-2)11-6-3/h7H,4-6,9H2,1-3,12H3. The van der Waals surface area contributed by atoms with E-state index in [9.17, 15) is 0 Å². The summed E-state index contributed by atoms with van der Waals surface area (Å²) in [5.74, 6) is 0. The molecule has 3 nitrogen and oxygen atoms in total. The van der Waals surface area contributed by atoms with Crippen LogP contribution in [0.2, 0.25) is 0 Å². The number of rotatable bonds is 6. The zero-order valence-electron chi connectivity index (χ0n) is 8.59. The number of ether oxygens (including phenoxy) is 2. The van der Waals surface area contributed by atoms with Gasteiger partial charge >= 0.3 is 0 Å². The second-order valence-electron chi connectivity index (χ2n) is 2.90. The van der Waals surface area contributed by atoms with E-state index in [0.29, 0.717) is 13.2 Å². The summed E-state index contributed by atoms with van der Waals surface area (Å²) < 4.78 is 11.1. The average molecular weight is 191 g/mol. The Labute approximate surface area is 78.0 Å². The fourth-order valence-corrected chi connectivity index (χ4v) is 2.19. The van der Waals surface area contributed by atoms with E-state index >= 15 is 0 Å². The van der Waals surface area contributed by atoms with Crippen molar-refractivity contribution >= 4 is 10.2 Å². The molecule has 0 saturated heterocycles. The highest BCUT2D eigenvalue weighted by Crippen LogP contribution is 2.14. The Hall–Kier alpha value is 0.0969. The number of hydrogen-bond donors (Lipinski definition) is 1. The van der Waals surface area contributed by atoms with E-state index < -0.39 is 5.41 Å². The first kappa shape index (κ1) is 12.1. The topological polar surface area (TPSA) is 44.5 Å². The Morgan fingerprint density at radius 3 is 1.92 bits per heavy atom. The highest BCUT2D eigenvalue weighted by atomic mass is 28.1. The SMILES string of the molecule is CCOC([SiH3])(OCC)C(N)CC. The van der Waals surface area contributed by atoms with Crippen LogP contribution in [0.15, 0.2) is 0 Å². The monoisotopic (exact) mass is 191 g/mol. The molecule has 1 unspecified atom stereocenters. The number of hydrogen-bond acceptors (Lipinski definition) is 3. The van der Waals surface area contributed by atoms with Gasteiger partial charge in [0.2, 0.25) is 0 Å². The van der Waals surface area contributed by atoms with E-state index in [-0.39, 0.29) is 6.04 Å². The summed E-state index contributed by atoms with van der Waals surface area (Å²) in [4.78, 5) is 0. The molecule has 0 aliphatic heterocycles. The molecule has 0 rings (SSSR count). The van der Waals surface area contributed by atoms with Gasteiger partial charge in [-0.05, 0) is 20.3 Å². The van der Waals surface area contributed by atoms with Crippen molar-refractivity contribution < 1.29 is 9.47 Å². The lowest BCUT2D eigenvalue weighted by Crippen LogP contribution is -2.52. The molecule has 0 amide bonds. The lowest BCUT2D eigenvalue weighted by Gasteiger charge is -2.34. The summed E-state index contributed by atoms with van der Waals surface area (Å²) in [7, 11) is 0.812. The summed E-state index contributed by atoms with van der Waals surface area (Å²) in [6, 6.07) is 0.00377. The molecule has 0 bridgehead atoms. The predicted molar refractivity (Wildman–Crippen MR) is 54.2 cm³/mol. The molecule has 0 aliphatic rings. The van der Waals surface area contributed by atoms with Crippen LogP contribution >= 0.6 is 0 Å². The molecule has 0 radical (unpaired) electrons. The molecule has 0 aliphatic carbocycles. The van der Waals surface area contributed by atoms with E-state index in [2.05, 4.69) is 6.92 Å². The van der Waals surface area contributed by atoms with Crippen LogP contribution in [-0.2, 0) is 9.47 Å². The third kappa shape index (κ3) is 3.22. The Morgan fingerprint density at radius 2 is 1.67 bits per heavy atom. The molecular weight excluding hydrogens is 170 g/mol. The minimum atomic E-state index is -0.474. The van der Waals surface area contributed by atoms with Crippen molar-refractivity contribution in [2.24, 2.45) is 5.73 Å². The van der Waals surface area contributed by atoms with Gasteiger partial charge in [0, 0.05) is 13.2 Å². The maximum atomic E-state index is 5.91. The molecule has 0 heterocycles. The first-order valence-electron chi connectivity index (χ1n) is 4.64. The molecular formula is C8H21NO2Si. The van der Waals surface area contributed by atoms with Gasteiger partial charge < -0.3 is 15.2 Å². The molecule has 0 saturated carbocycles. The van der Waals surface area contributed by atoms with Crippen LogP contribution < -0.4 is 5.73 Å². The first-order valence-corrected chi connectivity index (χ1v) is 5.64. The van der Waals surface area contributed by atoms with Crippen LogP contribution in [0.3, 0.4) is 0 Å². The zero-order valence-corrected chi connectivity index (χ0v) is 10.6. The molecule has 0 spiro atoms. The minimum Gasteiger partial charge on any atom is -0.353 e. The lowest BCUT2D eigenvalue weighted by molar-refractivity contribution is -0.185. The van der Waals surface area contributed by atoms with E-state index in [1.807, 2.05) is 13.8 Å². The first-order chi connectivity index (χ1) is 5.60. The van der Waals surface area contributed by atoms with E-state index in [0.717, 1.165) is 16.7 Å². The molecule has 74 valence electrons. The Balaban J connectivity index is 4.15. The normalized spacial score (nSPS) is 15.0. The van der Waals surface area contributed by atoms with Gasteiger partial charge in [-0.25, -0.2) is 0 Å². The molecule has 2 N–H and O–H groups in total. The lowest BCUT2D eigenvalue weighted by atomic mass is 10.2. The third-order valence-electron chi connectivity index (χ3n) is 1.98. The van der Waals surface area contributed by atoms with Gasteiger partial charge in [-0.15, -0.1) is 0 Å².